The number of carbonyl (C=O) groups is 2. The summed E-state index contributed by atoms with van der Waals surface area (Å²) in [5.41, 5.74) is -0.895. The molecule has 1 aromatic rings. The number of carbonyl (C=O) groups excluding carboxylic acids is 2. The fraction of sp³-hybridized carbons (Fsp3) is 0.650. The SMILES string of the molecule is C=CC1CC(O)(c2nc3c([nH]2)C(=O)CC(CCC)C(=O)N3CCC)CCO1. The molecule has 148 valence electrons. The predicted octanol–water partition coefficient (Wildman–Crippen LogP) is 2.71. The van der Waals surface area contributed by atoms with E-state index in [1.807, 2.05) is 13.8 Å². The Labute approximate surface area is 159 Å². The molecule has 3 unspecified atom stereocenters. The van der Waals surface area contributed by atoms with Crippen molar-refractivity contribution in [3.63, 3.8) is 0 Å². The summed E-state index contributed by atoms with van der Waals surface area (Å²) >= 11 is 0. The molecule has 2 aliphatic rings. The van der Waals surface area contributed by atoms with Gasteiger partial charge in [0.2, 0.25) is 5.91 Å². The molecular weight excluding hydrogens is 346 g/mol. The molecule has 1 aromatic heterocycles. The molecule has 1 amide bonds. The molecule has 2 aliphatic heterocycles. The molecule has 0 saturated carbocycles. The van der Waals surface area contributed by atoms with Crippen LogP contribution in [0, 0.1) is 5.92 Å². The first-order valence-electron chi connectivity index (χ1n) is 9.85. The van der Waals surface area contributed by atoms with Gasteiger partial charge in [-0.05, 0) is 12.8 Å². The van der Waals surface area contributed by atoms with Crippen LogP contribution in [0.5, 0.6) is 0 Å². The number of amides is 1. The summed E-state index contributed by atoms with van der Waals surface area (Å²) in [7, 11) is 0. The fourth-order valence-electron chi connectivity index (χ4n) is 3.97. The molecule has 0 radical (unpaired) electrons. The van der Waals surface area contributed by atoms with Crippen molar-refractivity contribution in [2.24, 2.45) is 5.92 Å². The molecule has 0 aliphatic carbocycles. The van der Waals surface area contributed by atoms with Crippen LogP contribution in [0.1, 0.15) is 68.7 Å². The van der Waals surface area contributed by atoms with Gasteiger partial charge in [-0.15, -0.1) is 6.58 Å². The molecule has 2 N–H and O–H groups in total. The second-order valence-corrected chi connectivity index (χ2v) is 7.52. The van der Waals surface area contributed by atoms with Gasteiger partial charge in [-0.25, -0.2) is 4.98 Å². The van der Waals surface area contributed by atoms with Gasteiger partial charge < -0.3 is 14.8 Å². The fourth-order valence-corrected chi connectivity index (χ4v) is 3.97. The van der Waals surface area contributed by atoms with Gasteiger partial charge in [0.05, 0.1) is 12.7 Å². The third-order valence-corrected chi connectivity index (χ3v) is 5.44. The van der Waals surface area contributed by atoms with E-state index in [9.17, 15) is 14.7 Å². The number of rotatable bonds is 6. The summed E-state index contributed by atoms with van der Waals surface area (Å²) in [6, 6.07) is 0. The Balaban J connectivity index is 2.00. The zero-order chi connectivity index (χ0) is 19.6. The Hall–Kier alpha value is -1.99. The summed E-state index contributed by atoms with van der Waals surface area (Å²) in [5.74, 6) is 0.211. The van der Waals surface area contributed by atoms with E-state index in [0.29, 0.717) is 49.8 Å². The number of nitrogens with zero attached hydrogens (tertiary/aromatic N) is 2. The number of nitrogens with one attached hydrogen (secondary N) is 1. The molecule has 3 atom stereocenters. The van der Waals surface area contributed by atoms with E-state index in [-0.39, 0.29) is 30.1 Å². The van der Waals surface area contributed by atoms with Crippen molar-refractivity contribution in [1.29, 1.82) is 0 Å². The highest BCUT2D eigenvalue weighted by atomic mass is 16.5. The van der Waals surface area contributed by atoms with Gasteiger partial charge in [0.25, 0.3) is 0 Å². The number of aromatic amines is 1. The number of anilines is 1. The van der Waals surface area contributed by atoms with Gasteiger partial charge in [0.1, 0.15) is 17.1 Å². The van der Waals surface area contributed by atoms with Gasteiger partial charge in [-0.1, -0.05) is 26.3 Å². The summed E-state index contributed by atoms with van der Waals surface area (Å²) < 4.78 is 5.55. The number of hydrogen-bond acceptors (Lipinski definition) is 5. The van der Waals surface area contributed by atoms with Crippen LogP contribution < -0.4 is 4.90 Å². The van der Waals surface area contributed by atoms with E-state index in [1.54, 1.807) is 11.0 Å². The lowest BCUT2D eigenvalue weighted by atomic mass is 9.89. The standard InChI is InChI=1S/C20H29N3O4/c1-4-7-13-11-15(24)16-17(23(9-5-2)18(13)25)22-19(21-16)20(26)8-10-27-14(6-3)12-20/h6,13-14,26H,3-5,7-12H2,1-2H3,(H,21,22). The second-order valence-electron chi connectivity index (χ2n) is 7.52. The Morgan fingerprint density at radius 2 is 2.19 bits per heavy atom. The smallest absolute Gasteiger partial charge is 0.231 e. The number of fused-ring (bicyclic) bond motifs is 1. The highest BCUT2D eigenvalue weighted by Crippen LogP contribution is 2.37. The first-order chi connectivity index (χ1) is 12.9. The van der Waals surface area contributed by atoms with Crippen LogP contribution in [0.15, 0.2) is 12.7 Å². The van der Waals surface area contributed by atoms with E-state index in [1.165, 1.54) is 0 Å². The molecule has 1 saturated heterocycles. The molecule has 0 bridgehead atoms. The number of Topliss-reactive ketones (excluding diaryl/α,β-unsaturated/α-hetero) is 1. The number of aliphatic hydroxyl groups is 1. The largest absolute Gasteiger partial charge is 0.382 e. The van der Waals surface area contributed by atoms with Gasteiger partial charge in [0.15, 0.2) is 11.6 Å². The Bertz CT molecular complexity index is 729. The molecule has 3 rings (SSSR count). The highest BCUT2D eigenvalue weighted by molar-refractivity contribution is 6.09. The maximum atomic E-state index is 13.0. The maximum absolute atomic E-state index is 13.0. The highest BCUT2D eigenvalue weighted by Gasteiger charge is 2.42. The van der Waals surface area contributed by atoms with Gasteiger partial charge in [-0.2, -0.15) is 0 Å². The monoisotopic (exact) mass is 375 g/mol. The molecule has 3 heterocycles. The van der Waals surface area contributed by atoms with Crippen molar-refractivity contribution in [3.05, 3.63) is 24.2 Å². The average Bonchev–Trinajstić information content (AvgIpc) is 3.08. The van der Waals surface area contributed by atoms with Crippen LogP contribution >= 0.6 is 0 Å². The van der Waals surface area contributed by atoms with Gasteiger partial charge in [-0.3, -0.25) is 14.5 Å². The number of aromatic nitrogens is 2. The van der Waals surface area contributed by atoms with Crippen molar-refractivity contribution < 1.29 is 19.4 Å². The van der Waals surface area contributed by atoms with Crippen LogP contribution in [-0.4, -0.2) is 46.0 Å². The van der Waals surface area contributed by atoms with Crippen molar-refractivity contribution in [1.82, 2.24) is 9.97 Å². The van der Waals surface area contributed by atoms with Gasteiger partial charge >= 0.3 is 0 Å². The van der Waals surface area contributed by atoms with Crippen molar-refractivity contribution in [2.45, 2.75) is 64.1 Å². The Morgan fingerprint density at radius 3 is 2.85 bits per heavy atom. The minimum Gasteiger partial charge on any atom is -0.382 e. The zero-order valence-corrected chi connectivity index (χ0v) is 16.2. The predicted molar refractivity (Wildman–Crippen MR) is 102 cm³/mol. The van der Waals surface area contributed by atoms with E-state index in [4.69, 9.17) is 4.74 Å². The molecule has 7 nitrogen and oxygen atoms in total. The van der Waals surface area contributed by atoms with E-state index in [0.717, 1.165) is 12.8 Å². The molecule has 1 fully saturated rings. The number of H-pyrrole nitrogens is 1. The molecule has 27 heavy (non-hydrogen) atoms. The van der Waals surface area contributed by atoms with E-state index < -0.39 is 5.60 Å². The number of ether oxygens (including phenoxy) is 1. The van der Waals surface area contributed by atoms with Crippen molar-refractivity contribution in [2.75, 3.05) is 18.1 Å². The third-order valence-electron chi connectivity index (χ3n) is 5.44. The van der Waals surface area contributed by atoms with Crippen molar-refractivity contribution >= 4 is 17.5 Å². The lowest BCUT2D eigenvalue weighted by Gasteiger charge is -2.34. The zero-order valence-electron chi connectivity index (χ0n) is 16.2. The minimum atomic E-state index is -1.23. The van der Waals surface area contributed by atoms with Gasteiger partial charge in [0, 0.05) is 31.7 Å². The minimum absolute atomic E-state index is 0.0493. The summed E-state index contributed by atoms with van der Waals surface area (Å²) in [5, 5.41) is 11.1. The van der Waals surface area contributed by atoms with Crippen LogP contribution in [0.3, 0.4) is 0 Å². The maximum Gasteiger partial charge on any atom is 0.231 e. The summed E-state index contributed by atoms with van der Waals surface area (Å²) in [4.78, 5) is 35.1. The molecular formula is C20H29N3O4. The second kappa shape index (κ2) is 7.94. The normalized spacial score (nSPS) is 28.8. The van der Waals surface area contributed by atoms with E-state index >= 15 is 0 Å². The summed E-state index contributed by atoms with van der Waals surface area (Å²) in [6.45, 7) is 8.61. The number of imidazole rings is 1. The van der Waals surface area contributed by atoms with Crippen LogP contribution in [0.4, 0.5) is 5.82 Å². The van der Waals surface area contributed by atoms with Crippen LogP contribution in [0.25, 0.3) is 0 Å². The lowest BCUT2D eigenvalue weighted by Crippen LogP contribution is -2.39. The molecule has 0 aromatic carbocycles. The molecule has 0 spiro atoms. The first-order valence-corrected chi connectivity index (χ1v) is 9.85. The van der Waals surface area contributed by atoms with Crippen LogP contribution in [0.2, 0.25) is 0 Å². The van der Waals surface area contributed by atoms with E-state index in [2.05, 4.69) is 16.5 Å². The quantitative estimate of drug-likeness (QED) is 0.746. The third kappa shape index (κ3) is 3.71. The Kier molecular flexibility index (Phi) is 5.81. The topological polar surface area (TPSA) is 95.5 Å². The van der Waals surface area contributed by atoms with Crippen LogP contribution in [-0.2, 0) is 15.1 Å². The van der Waals surface area contributed by atoms with Crippen molar-refractivity contribution in [3.8, 4) is 0 Å². The first kappa shape index (κ1) is 19.8. The lowest BCUT2D eigenvalue weighted by molar-refractivity contribution is -0.122. The number of hydrogen-bond donors (Lipinski definition) is 2. The summed E-state index contributed by atoms with van der Waals surface area (Å²) in [6.07, 6.45) is 4.55. The molecule has 7 heteroatoms. The Morgan fingerprint density at radius 1 is 1.41 bits per heavy atom. The number of ketones is 1. The average molecular weight is 375 g/mol.